The van der Waals surface area contributed by atoms with Crippen LogP contribution in [0.2, 0.25) is 0 Å². The molecule has 0 saturated carbocycles. The van der Waals surface area contributed by atoms with Crippen LogP contribution in [0.3, 0.4) is 0 Å². The summed E-state index contributed by atoms with van der Waals surface area (Å²) in [6.07, 6.45) is 2.52. The molecule has 4 aromatic carbocycles. The summed E-state index contributed by atoms with van der Waals surface area (Å²) in [7, 11) is 0. The highest BCUT2D eigenvalue weighted by atomic mass is 16.3. The van der Waals surface area contributed by atoms with Gasteiger partial charge < -0.3 is 21.1 Å². The van der Waals surface area contributed by atoms with Gasteiger partial charge in [-0.25, -0.2) is 0 Å². The number of rotatable bonds is 9. The first-order valence-corrected chi connectivity index (χ1v) is 13.6. The van der Waals surface area contributed by atoms with E-state index in [0.717, 1.165) is 58.6 Å². The molecule has 1 fully saturated rings. The SMILES string of the molecule is O=C(N[C@H](Cc1ccc2ccccc2c1)C(=O)N[C@@H](CO)Cc1ccc2ccccc2c1)C1CC[NH2+]CC1. The lowest BCUT2D eigenvalue weighted by Gasteiger charge is -2.26. The molecule has 1 saturated heterocycles. The van der Waals surface area contributed by atoms with Crippen LogP contribution in [0, 0.1) is 5.92 Å². The van der Waals surface area contributed by atoms with Gasteiger partial charge in [0.1, 0.15) is 6.04 Å². The molecule has 38 heavy (non-hydrogen) atoms. The number of piperidine rings is 1. The van der Waals surface area contributed by atoms with Crippen molar-refractivity contribution in [3.05, 3.63) is 96.1 Å². The van der Waals surface area contributed by atoms with Gasteiger partial charge in [-0.3, -0.25) is 9.59 Å². The second-order valence-corrected chi connectivity index (χ2v) is 10.4. The molecule has 1 heterocycles. The van der Waals surface area contributed by atoms with Crippen LogP contribution in [-0.2, 0) is 22.4 Å². The van der Waals surface area contributed by atoms with Gasteiger partial charge in [-0.1, -0.05) is 84.9 Å². The van der Waals surface area contributed by atoms with Crippen LogP contribution in [0.1, 0.15) is 24.0 Å². The fraction of sp³-hybridized carbons (Fsp3) is 0.312. The molecule has 2 amide bonds. The van der Waals surface area contributed by atoms with Crippen LogP contribution in [0.15, 0.2) is 84.9 Å². The van der Waals surface area contributed by atoms with Crippen molar-refractivity contribution in [2.45, 2.75) is 37.8 Å². The normalized spacial score (nSPS) is 15.7. The van der Waals surface area contributed by atoms with Crippen LogP contribution >= 0.6 is 0 Å². The van der Waals surface area contributed by atoms with Gasteiger partial charge in [-0.05, 0) is 39.1 Å². The number of nitrogens with two attached hydrogens (primary N) is 1. The molecule has 0 radical (unpaired) electrons. The van der Waals surface area contributed by atoms with E-state index in [2.05, 4.69) is 64.5 Å². The molecule has 2 atom stereocenters. The summed E-state index contributed by atoms with van der Waals surface area (Å²) >= 11 is 0. The summed E-state index contributed by atoms with van der Waals surface area (Å²) in [5.41, 5.74) is 2.02. The Kier molecular flexibility index (Phi) is 8.31. The fourth-order valence-corrected chi connectivity index (χ4v) is 5.40. The molecule has 6 nitrogen and oxygen atoms in total. The van der Waals surface area contributed by atoms with Crippen LogP contribution in [0.4, 0.5) is 0 Å². The molecule has 1 aliphatic heterocycles. The van der Waals surface area contributed by atoms with Crippen molar-refractivity contribution in [2.75, 3.05) is 19.7 Å². The van der Waals surface area contributed by atoms with E-state index in [1.54, 1.807) is 0 Å². The Balaban J connectivity index is 1.32. The average Bonchev–Trinajstić information content (AvgIpc) is 2.96. The highest BCUT2D eigenvalue weighted by molar-refractivity contribution is 5.89. The first-order chi connectivity index (χ1) is 18.6. The Morgan fingerprint density at radius 3 is 1.89 bits per heavy atom. The van der Waals surface area contributed by atoms with Crippen molar-refractivity contribution in [1.82, 2.24) is 10.6 Å². The molecule has 1 aliphatic rings. The molecule has 196 valence electrons. The number of hydrogen-bond donors (Lipinski definition) is 4. The average molecular weight is 511 g/mol. The van der Waals surface area contributed by atoms with Gasteiger partial charge in [-0.15, -0.1) is 0 Å². The highest BCUT2D eigenvalue weighted by Crippen LogP contribution is 2.19. The second-order valence-electron chi connectivity index (χ2n) is 10.4. The van der Waals surface area contributed by atoms with Crippen LogP contribution in [0.25, 0.3) is 21.5 Å². The Bertz CT molecular complexity index is 1410. The smallest absolute Gasteiger partial charge is 0.243 e. The molecule has 0 unspecified atom stereocenters. The van der Waals surface area contributed by atoms with E-state index in [4.69, 9.17) is 0 Å². The topological polar surface area (TPSA) is 95.0 Å². The zero-order valence-corrected chi connectivity index (χ0v) is 21.6. The first-order valence-electron chi connectivity index (χ1n) is 13.6. The number of hydrogen-bond acceptors (Lipinski definition) is 3. The molecule has 0 aromatic heterocycles. The van der Waals surface area contributed by atoms with Crippen molar-refractivity contribution < 1.29 is 20.0 Å². The summed E-state index contributed by atoms with van der Waals surface area (Å²) < 4.78 is 0. The third kappa shape index (κ3) is 6.39. The summed E-state index contributed by atoms with van der Waals surface area (Å²) in [5.74, 6) is -0.402. The van der Waals surface area contributed by atoms with E-state index in [1.807, 2.05) is 36.4 Å². The zero-order chi connectivity index (χ0) is 26.3. The molecule has 5 N–H and O–H groups in total. The van der Waals surface area contributed by atoms with Gasteiger partial charge in [0, 0.05) is 25.2 Å². The van der Waals surface area contributed by atoms with Gasteiger partial charge in [0.05, 0.1) is 25.7 Å². The van der Waals surface area contributed by atoms with Crippen molar-refractivity contribution >= 4 is 33.4 Å². The monoisotopic (exact) mass is 510 g/mol. The fourth-order valence-electron chi connectivity index (χ4n) is 5.40. The number of quaternary nitrogens is 1. The number of benzene rings is 4. The van der Waals surface area contributed by atoms with Gasteiger partial charge >= 0.3 is 0 Å². The van der Waals surface area contributed by atoms with E-state index >= 15 is 0 Å². The third-order valence-corrected chi connectivity index (χ3v) is 7.56. The first kappa shape index (κ1) is 25.9. The summed E-state index contributed by atoms with van der Waals surface area (Å²) in [4.78, 5) is 26.7. The number of aliphatic hydroxyl groups is 1. The van der Waals surface area contributed by atoms with Crippen LogP contribution < -0.4 is 16.0 Å². The number of nitrogens with one attached hydrogen (secondary N) is 2. The number of carbonyl (C=O) groups excluding carboxylic acids is 2. The quantitative estimate of drug-likeness (QED) is 0.279. The number of amides is 2. The lowest BCUT2D eigenvalue weighted by Crippen LogP contribution is -2.86. The molecular weight excluding hydrogens is 474 g/mol. The van der Waals surface area contributed by atoms with E-state index < -0.39 is 12.1 Å². The Hall–Kier alpha value is -3.74. The predicted octanol–water partition coefficient (Wildman–Crippen LogP) is 2.71. The molecule has 0 aliphatic carbocycles. The molecular formula is C32H36N3O3+. The predicted molar refractivity (Wildman–Crippen MR) is 151 cm³/mol. The summed E-state index contributed by atoms with van der Waals surface area (Å²) in [6.45, 7) is 1.67. The summed E-state index contributed by atoms with van der Waals surface area (Å²) in [5, 5.41) is 22.9. The van der Waals surface area contributed by atoms with E-state index in [9.17, 15) is 14.7 Å². The molecule has 6 heteroatoms. The maximum Gasteiger partial charge on any atom is 0.243 e. The minimum Gasteiger partial charge on any atom is -0.394 e. The van der Waals surface area contributed by atoms with Crippen molar-refractivity contribution in [3.8, 4) is 0 Å². The van der Waals surface area contributed by atoms with E-state index in [1.165, 1.54) is 0 Å². The van der Waals surface area contributed by atoms with Gasteiger partial charge in [0.2, 0.25) is 11.8 Å². The highest BCUT2D eigenvalue weighted by Gasteiger charge is 2.29. The van der Waals surface area contributed by atoms with Gasteiger partial charge in [0.15, 0.2) is 0 Å². The standard InChI is InChI=1S/C32H35N3O3/c36-21-29(19-22-9-11-24-5-1-3-7-27(24)17-22)34-32(38)30(35-31(37)26-13-15-33-16-14-26)20-23-10-12-25-6-2-4-8-28(25)18-23/h1-12,17-18,26,29-30,33,36H,13-16,19-21H2,(H,34,38)(H,35,37)/p+1/t29-,30-/m1/s1. The maximum atomic E-state index is 13.6. The third-order valence-electron chi connectivity index (χ3n) is 7.56. The largest absolute Gasteiger partial charge is 0.394 e. The Labute approximate surface area is 223 Å². The minimum absolute atomic E-state index is 0.0610. The van der Waals surface area contributed by atoms with Crippen molar-refractivity contribution in [2.24, 2.45) is 5.92 Å². The summed E-state index contributed by atoms with van der Waals surface area (Å²) in [6, 6.07) is 27.4. The molecule has 5 rings (SSSR count). The molecule has 4 aromatic rings. The molecule has 0 bridgehead atoms. The van der Waals surface area contributed by atoms with Crippen molar-refractivity contribution in [3.63, 3.8) is 0 Å². The number of fused-ring (bicyclic) bond motifs is 2. The number of aliphatic hydroxyl groups excluding tert-OH is 1. The Morgan fingerprint density at radius 1 is 0.763 bits per heavy atom. The van der Waals surface area contributed by atoms with Gasteiger partial charge in [-0.2, -0.15) is 0 Å². The minimum atomic E-state index is -0.722. The second kappa shape index (κ2) is 12.2. The van der Waals surface area contributed by atoms with E-state index in [-0.39, 0.29) is 24.3 Å². The van der Waals surface area contributed by atoms with Crippen molar-refractivity contribution in [1.29, 1.82) is 0 Å². The zero-order valence-electron chi connectivity index (χ0n) is 21.6. The van der Waals surface area contributed by atoms with Crippen LogP contribution in [-0.4, -0.2) is 48.7 Å². The number of carbonyl (C=O) groups is 2. The Morgan fingerprint density at radius 2 is 1.32 bits per heavy atom. The van der Waals surface area contributed by atoms with E-state index in [0.29, 0.717) is 12.8 Å². The molecule has 0 spiro atoms. The lowest BCUT2D eigenvalue weighted by atomic mass is 9.95. The lowest BCUT2D eigenvalue weighted by molar-refractivity contribution is -0.664. The maximum absolute atomic E-state index is 13.6. The van der Waals surface area contributed by atoms with Gasteiger partial charge in [0.25, 0.3) is 0 Å². The van der Waals surface area contributed by atoms with Crippen LogP contribution in [0.5, 0.6) is 0 Å².